The van der Waals surface area contributed by atoms with E-state index in [1.54, 1.807) is 19.1 Å². The van der Waals surface area contributed by atoms with Crippen LogP contribution in [0, 0.1) is 0 Å². The van der Waals surface area contributed by atoms with E-state index in [-0.39, 0.29) is 30.0 Å². The highest BCUT2D eigenvalue weighted by Gasteiger charge is 2.45. The van der Waals surface area contributed by atoms with Gasteiger partial charge in [-0.1, -0.05) is 6.92 Å². The summed E-state index contributed by atoms with van der Waals surface area (Å²) in [6.07, 6.45) is -0.306. The van der Waals surface area contributed by atoms with Gasteiger partial charge in [-0.05, 0) is 42.5 Å². The van der Waals surface area contributed by atoms with Gasteiger partial charge in [0, 0.05) is 24.6 Å². The summed E-state index contributed by atoms with van der Waals surface area (Å²) < 4.78 is 10.4. The maximum Gasteiger partial charge on any atom is 0.270 e. The van der Waals surface area contributed by atoms with E-state index in [2.05, 4.69) is 10.7 Å². The lowest BCUT2D eigenvalue weighted by atomic mass is 10.2. The zero-order valence-electron chi connectivity index (χ0n) is 19.8. The van der Waals surface area contributed by atoms with Crippen molar-refractivity contribution in [2.75, 3.05) is 24.4 Å². The Labute approximate surface area is 201 Å². The summed E-state index contributed by atoms with van der Waals surface area (Å²) in [5, 5.41) is 3.51. The number of methoxy groups -OCH3 is 2. The number of carbonyl (C=O) groups is 5. The molecule has 1 heterocycles. The van der Waals surface area contributed by atoms with Crippen molar-refractivity contribution in [2.24, 2.45) is 0 Å². The highest BCUT2D eigenvalue weighted by atomic mass is 16.5. The Morgan fingerprint density at radius 3 is 2.26 bits per heavy atom. The fourth-order valence-corrected chi connectivity index (χ4v) is 3.62. The number of hydrogen-bond acceptors (Lipinski definition) is 7. The van der Waals surface area contributed by atoms with Crippen LogP contribution in [0.5, 0.6) is 11.5 Å². The fourth-order valence-electron chi connectivity index (χ4n) is 3.62. The SMILES string of the molecule is CCC(=O)N(NC(=O)c1ccc(OC)c(OC)c1)C1CC(=O)N(c2ccc(NC(C)=O)cc2)C1=O. The second-order valence-electron chi connectivity index (χ2n) is 7.64. The van der Waals surface area contributed by atoms with Gasteiger partial charge in [-0.2, -0.15) is 0 Å². The van der Waals surface area contributed by atoms with E-state index in [1.165, 1.54) is 51.5 Å². The molecule has 1 fully saturated rings. The summed E-state index contributed by atoms with van der Waals surface area (Å²) >= 11 is 0. The zero-order chi connectivity index (χ0) is 25.7. The molecule has 184 valence electrons. The molecular weight excluding hydrogens is 456 g/mol. The fraction of sp³-hybridized carbons (Fsp3) is 0.292. The first kappa shape index (κ1) is 25.2. The van der Waals surface area contributed by atoms with Crippen LogP contribution in [0.25, 0.3) is 0 Å². The number of hydrazine groups is 1. The summed E-state index contributed by atoms with van der Waals surface area (Å²) in [5.41, 5.74) is 3.42. The van der Waals surface area contributed by atoms with Crippen LogP contribution in [0.1, 0.15) is 37.0 Å². The smallest absolute Gasteiger partial charge is 0.270 e. The van der Waals surface area contributed by atoms with Crippen LogP contribution in [0.15, 0.2) is 42.5 Å². The lowest BCUT2D eigenvalue weighted by molar-refractivity contribution is -0.140. The van der Waals surface area contributed by atoms with Gasteiger partial charge in [0.25, 0.3) is 11.8 Å². The molecule has 0 saturated carbocycles. The van der Waals surface area contributed by atoms with Crippen LogP contribution >= 0.6 is 0 Å². The van der Waals surface area contributed by atoms with Crippen LogP contribution in [0.4, 0.5) is 11.4 Å². The summed E-state index contributed by atoms with van der Waals surface area (Å²) in [5.74, 6) is -1.90. The molecular formula is C24H26N4O7. The minimum atomic E-state index is -1.21. The highest BCUT2D eigenvalue weighted by Crippen LogP contribution is 2.29. The van der Waals surface area contributed by atoms with Crippen molar-refractivity contribution in [3.63, 3.8) is 0 Å². The minimum Gasteiger partial charge on any atom is -0.493 e. The summed E-state index contributed by atoms with van der Waals surface area (Å²) in [4.78, 5) is 63.7. The van der Waals surface area contributed by atoms with Gasteiger partial charge in [-0.25, -0.2) is 9.91 Å². The molecule has 1 aliphatic rings. The van der Waals surface area contributed by atoms with Gasteiger partial charge in [-0.15, -0.1) is 0 Å². The van der Waals surface area contributed by atoms with Crippen LogP contribution in [0.2, 0.25) is 0 Å². The number of amides is 5. The topological polar surface area (TPSA) is 134 Å². The lowest BCUT2D eigenvalue weighted by Crippen LogP contribution is -2.54. The molecule has 0 radical (unpaired) electrons. The Morgan fingerprint density at radius 1 is 1.03 bits per heavy atom. The van der Waals surface area contributed by atoms with Gasteiger partial charge in [0.2, 0.25) is 17.7 Å². The molecule has 35 heavy (non-hydrogen) atoms. The molecule has 5 amide bonds. The van der Waals surface area contributed by atoms with Gasteiger partial charge >= 0.3 is 0 Å². The monoisotopic (exact) mass is 482 g/mol. The first-order chi connectivity index (χ1) is 16.7. The van der Waals surface area contributed by atoms with Gasteiger partial charge in [-0.3, -0.25) is 29.4 Å². The molecule has 1 aliphatic heterocycles. The number of anilines is 2. The largest absolute Gasteiger partial charge is 0.493 e. The predicted molar refractivity (Wildman–Crippen MR) is 126 cm³/mol. The van der Waals surface area contributed by atoms with Gasteiger partial charge in [0.1, 0.15) is 6.04 Å². The van der Waals surface area contributed by atoms with Crippen molar-refractivity contribution in [2.45, 2.75) is 32.7 Å². The average molecular weight is 482 g/mol. The third kappa shape index (κ3) is 5.40. The average Bonchev–Trinajstić information content (AvgIpc) is 3.14. The third-order valence-corrected chi connectivity index (χ3v) is 5.32. The van der Waals surface area contributed by atoms with E-state index in [0.29, 0.717) is 17.2 Å². The number of imide groups is 1. The van der Waals surface area contributed by atoms with E-state index >= 15 is 0 Å². The van der Waals surface area contributed by atoms with Gasteiger partial charge in [0.15, 0.2) is 11.5 Å². The van der Waals surface area contributed by atoms with Crippen molar-refractivity contribution in [1.29, 1.82) is 0 Å². The van der Waals surface area contributed by atoms with Crippen molar-refractivity contribution < 1.29 is 33.4 Å². The Hall–Kier alpha value is -4.41. The summed E-state index contributed by atoms with van der Waals surface area (Å²) in [6, 6.07) is 9.38. The Bertz CT molecular complexity index is 1160. The molecule has 11 nitrogen and oxygen atoms in total. The lowest BCUT2D eigenvalue weighted by Gasteiger charge is -2.27. The predicted octanol–water partition coefficient (Wildman–Crippen LogP) is 1.88. The number of benzene rings is 2. The Kier molecular flexibility index (Phi) is 7.69. The molecule has 0 aromatic heterocycles. The maximum atomic E-state index is 13.2. The van der Waals surface area contributed by atoms with Crippen LogP contribution in [-0.4, -0.2) is 54.8 Å². The van der Waals surface area contributed by atoms with Crippen molar-refractivity contribution in [3.05, 3.63) is 48.0 Å². The molecule has 2 aromatic carbocycles. The van der Waals surface area contributed by atoms with Crippen LogP contribution in [0.3, 0.4) is 0 Å². The van der Waals surface area contributed by atoms with Crippen molar-refractivity contribution in [1.82, 2.24) is 10.4 Å². The number of ether oxygens (including phenoxy) is 2. The van der Waals surface area contributed by atoms with E-state index in [4.69, 9.17) is 9.47 Å². The standard InChI is InChI=1S/C24H26N4O7/c1-5-21(30)28(26-23(32)15-6-11-19(34-3)20(12-15)35-4)18-13-22(31)27(24(18)33)17-9-7-16(8-10-17)25-14(2)29/h6-12,18H,5,13H2,1-4H3,(H,25,29)(H,26,32). The molecule has 2 N–H and O–H groups in total. The van der Waals surface area contributed by atoms with Crippen LogP contribution in [-0.2, 0) is 19.2 Å². The first-order valence-electron chi connectivity index (χ1n) is 10.8. The molecule has 1 unspecified atom stereocenters. The Balaban J connectivity index is 1.84. The highest BCUT2D eigenvalue weighted by molar-refractivity contribution is 6.23. The van der Waals surface area contributed by atoms with E-state index < -0.39 is 29.7 Å². The van der Waals surface area contributed by atoms with Crippen molar-refractivity contribution in [3.8, 4) is 11.5 Å². The molecule has 0 bridgehead atoms. The number of nitrogens with zero attached hydrogens (tertiary/aromatic N) is 2. The summed E-state index contributed by atoms with van der Waals surface area (Å²) in [7, 11) is 2.88. The molecule has 0 spiro atoms. The maximum absolute atomic E-state index is 13.2. The molecule has 3 rings (SSSR count). The minimum absolute atomic E-state index is 0.00437. The van der Waals surface area contributed by atoms with E-state index in [1.807, 2.05) is 0 Å². The van der Waals surface area contributed by atoms with Gasteiger partial charge < -0.3 is 14.8 Å². The first-order valence-corrected chi connectivity index (χ1v) is 10.8. The second-order valence-corrected chi connectivity index (χ2v) is 7.64. The third-order valence-electron chi connectivity index (χ3n) is 5.32. The van der Waals surface area contributed by atoms with E-state index in [9.17, 15) is 24.0 Å². The molecule has 0 aliphatic carbocycles. The number of carbonyl (C=O) groups excluding carboxylic acids is 5. The molecule has 2 aromatic rings. The van der Waals surface area contributed by atoms with Gasteiger partial charge in [0.05, 0.1) is 26.3 Å². The molecule has 1 atom stereocenters. The Morgan fingerprint density at radius 2 is 1.69 bits per heavy atom. The van der Waals surface area contributed by atoms with Crippen LogP contribution < -0.4 is 25.1 Å². The normalized spacial score (nSPS) is 15.0. The second kappa shape index (κ2) is 10.7. The molecule has 1 saturated heterocycles. The summed E-state index contributed by atoms with van der Waals surface area (Å²) in [6.45, 7) is 2.94. The number of rotatable bonds is 7. The zero-order valence-corrected chi connectivity index (χ0v) is 19.8. The molecule has 11 heteroatoms. The number of nitrogens with one attached hydrogen (secondary N) is 2. The quantitative estimate of drug-likeness (QED) is 0.454. The van der Waals surface area contributed by atoms with E-state index in [0.717, 1.165) is 9.91 Å². The number of hydrogen-bond donors (Lipinski definition) is 2. The van der Waals surface area contributed by atoms with Crippen molar-refractivity contribution >= 4 is 40.9 Å².